The molecule has 0 bridgehead atoms. The number of hydrogen-bond donors (Lipinski definition) is 0. The molecule has 0 N–H and O–H groups in total. The van der Waals surface area contributed by atoms with E-state index in [4.69, 9.17) is 16.3 Å². The first-order chi connectivity index (χ1) is 8.36. The summed E-state index contributed by atoms with van der Waals surface area (Å²) in [5.74, 6) is 0.734. The van der Waals surface area contributed by atoms with Gasteiger partial charge in [0.25, 0.3) is 0 Å². The van der Waals surface area contributed by atoms with Gasteiger partial charge in [0.05, 0.1) is 0 Å². The van der Waals surface area contributed by atoms with E-state index in [1.165, 1.54) is 16.3 Å². The second-order valence-corrected chi connectivity index (χ2v) is 3.51. The third kappa shape index (κ3) is 5.20. The summed E-state index contributed by atoms with van der Waals surface area (Å²) < 4.78 is 5.53. The Kier molecular flexibility index (Phi) is 7.51. The van der Waals surface area contributed by atoms with Gasteiger partial charge in [-0.15, -0.1) is 12.1 Å². The SMILES string of the molecule is Clc1ccccc1COc1[c-]cccc1.[Zn+][Br]. The quantitative estimate of drug-likeness (QED) is 0.574. The Morgan fingerprint density at radius 2 is 1.82 bits per heavy atom. The number of benzene rings is 2. The molecule has 4 heteroatoms. The minimum absolute atomic E-state index is 0.472. The van der Waals surface area contributed by atoms with Crippen LogP contribution in [0.15, 0.2) is 48.5 Å². The molecular weight excluding hydrogens is 353 g/mol. The van der Waals surface area contributed by atoms with Crippen molar-refractivity contribution in [3.63, 3.8) is 0 Å². The zero-order valence-corrected chi connectivity index (χ0v) is 14.5. The summed E-state index contributed by atoms with van der Waals surface area (Å²) in [6, 6.07) is 18.2. The Labute approximate surface area is 123 Å². The summed E-state index contributed by atoms with van der Waals surface area (Å²) in [5.41, 5.74) is 0.983. The van der Waals surface area contributed by atoms with Crippen molar-refractivity contribution >= 4 is 25.2 Å². The molecule has 0 fully saturated rings. The molecule has 2 rings (SSSR count). The van der Waals surface area contributed by atoms with Crippen LogP contribution < -0.4 is 4.74 Å². The molecule has 0 radical (unpaired) electrons. The van der Waals surface area contributed by atoms with Gasteiger partial charge in [-0.25, -0.2) is 0 Å². The fourth-order valence-corrected chi connectivity index (χ4v) is 1.43. The third-order valence-electron chi connectivity index (χ3n) is 2.02. The molecule has 84 valence electrons. The van der Waals surface area contributed by atoms with Crippen LogP contribution in [0, 0.1) is 6.07 Å². The monoisotopic (exact) mass is 360 g/mol. The number of rotatable bonds is 3. The van der Waals surface area contributed by atoms with E-state index in [1.54, 1.807) is 0 Å². The average Bonchev–Trinajstić information content (AvgIpc) is 2.41. The van der Waals surface area contributed by atoms with Gasteiger partial charge < -0.3 is 4.74 Å². The predicted octanol–water partition coefficient (Wildman–Crippen LogP) is 4.56. The second-order valence-electron chi connectivity index (χ2n) is 3.11. The van der Waals surface area contributed by atoms with Crippen molar-refractivity contribution < 1.29 is 21.1 Å². The van der Waals surface area contributed by atoms with Gasteiger partial charge in [-0.2, -0.15) is 18.2 Å². The summed E-state index contributed by atoms with van der Waals surface area (Å²) in [6.07, 6.45) is 0. The molecule has 0 aliphatic rings. The zero-order chi connectivity index (χ0) is 12.5. The molecule has 0 aromatic heterocycles. The summed E-state index contributed by atoms with van der Waals surface area (Å²) in [7, 11) is 0. The molecule has 0 amide bonds. The van der Waals surface area contributed by atoms with Crippen molar-refractivity contribution in [3.8, 4) is 5.75 Å². The molecule has 0 heterocycles. The van der Waals surface area contributed by atoms with E-state index in [2.05, 4.69) is 19.7 Å². The normalized spacial score (nSPS) is 9.18. The number of halogens is 2. The van der Waals surface area contributed by atoms with Gasteiger partial charge in [0.15, 0.2) is 0 Å². The second kappa shape index (κ2) is 8.68. The van der Waals surface area contributed by atoms with Crippen LogP contribution in [0.2, 0.25) is 5.02 Å². The third-order valence-corrected chi connectivity index (χ3v) is 2.39. The van der Waals surface area contributed by atoms with Gasteiger partial charge in [-0.05, 0) is 6.07 Å². The number of ether oxygens (including phenoxy) is 1. The molecule has 0 atom stereocenters. The standard InChI is InChI=1S/C13H10ClO.BrH.Zn/c14-13-9-5-4-6-11(13)10-15-12-7-2-1-3-8-12;;/h1-7,9H,10H2;1H;/q-1;;+2/p-1. The molecule has 2 aromatic rings. The summed E-state index contributed by atoms with van der Waals surface area (Å²) in [6.45, 7) is 0.472. The molecule has 0 aliphatic carbocycles. The number of hydrogen-bond acceptors (Lipinski definition) is 1. The Morgan fingerprint density at radius 3 is 2.47 bits per heavy atom. The van der Waals surface area contributed by atoms with Gasteiger partial charge in [-0.1, -0.05) is 29.8 Å². The van der Waals surface area contributed by atoms with Gasteiger partial charge in [0.2, 0.25) is 0 Å². The zero-order valence-electron chi connectivity index (χ0n) is 9.20. The first-order valence-electron chi connectivity index (χ1n) is 4.96. The van der Waals surface area contributed by atoms with E-state index in [9.17, 15) is 0 Å². The van der Waals surface area contributed by atoms with Crippen LogP contribution in [0.4, 0.5) is 0 Å². The summed E-state index contributed by atoms with van der Waals surface area (Å²) in [4.78, 5) is 0. The summed E-state index contributed by atoms with van der Waals surface area (Å²) in [5, 5.41) is 0.730. The Hall–Kier alpha value is -0.367. The topological polar surface area (TPSA) is 9.23 Å². The first kappa shape index (κ1) is 14.7. The van der Waals surface area contributed by atoms with Crippen molar-refractivity contribution in [3.05, 3.63) is 65.2 Å². The van der Waals surface area contributed by atoms with Crippen LogP contribution in [0.3, 0.4) is 0 Å². The van der Waals surface area contributed by atoms with Crippen molar-refractivity contribution in [2.45, 2.75) is 6.61 Å². The first-order valence-corrected chi connectivity index (χ1v) is 12.3. The van der Waals surface area contributed by atoms with Gasteiger partial charge in [-0.3, -0.25) is 0 Å². The van der Waals surface area contributed by atoms with Crippen molar-refractivity contribution in [1.82, 2.24) is 0 Å². The van der Waals surface area contributed by atoms with E-state index in [1.807, 2.05) is 48.5 Å². The molecule has 0 spiro atoms. The minimum atomic E-state index is 0.472. The Bertz CT molecular complexity index is 436. The van der Waals surface area contributed by atoms with Crippen LogP contribution in [0.5, 0.6) is 5.75 Å². The molecule has 0 saturated carbocycles. The molecule has 2 aromatic carbocycles. The van der Waals surface area contributed by atoms with Crippen molar-refractivity contribution in [1.29, 1.82) is 0 Å². The molecule has 0 unspecified atom stereocenters. The van der Waals surface area contributed by atoms with E-state index in [0.29, 0.717) is 6.61 Å². The van der Waals surface area contributed by atoms with E-state index in [0.717, 1.165) is 16.3 Å². The molecular formula is C13H10BrClOZn. The van der Waals surface area contributed by atoms with Crippen LogP contribution in [-0.2, 0) is 22.9 Å². The average molecular weight is 363 g/mol. The van der Waals surface area contributed by atoms with E-state index < -0.39 is 0 Å². The maximum absolute atomic E-state index is 6.00. The predicted molar refractivity (Wildman–Crippen MR) is 70.0 cm³/mol. The molecule has 0 saturated heterocycles. The van der Waals surface area contributed by atoms with Crippen LogP contribution >= 0.6 is 25.2 Å². The fourth-order valence-electron chi connectivity index (χ4n) is 1.24. The Morgan fingerprint density at radius 1 is 1.12 bits per heavy atom. The number of para-hydroxylation sites is 1. The van der Waals surface area contributed by atoms with Crippen molar-refractivity contribution in [2.24, 2.45) is 0 Å². The van der Waals surface area contributed by atoms with Gasteiger partial charge in [0, 0.05) is 16.3 Å². The van der Waals surface area contributed by atoms with Crippen molar-refractivity contribution in [2.75, 3.05) is 0 Å². The summed E-state index contributed by atoms with van der Waals surface area (Å²) >= 11 is 10.3. The molecule has 0 aliphatic heterocycles. The van der Waals surface area contributed by atoms with Crippen LogP contribution in [-0.4, -0.2) is 0 Å². The molecule has 17 heavy (non-hydrogen) atoms. The fraction of sp³-hybridized carbons (Fsp3) is 0.0769. The van der Waals surface area contributed by atoms with Gasteiger partial charge >= 0.3 is 30.0 Å². The van der Waals surface area contributed by atoms with E-state index in [-0.39, 0.29) is 0 Å². The molecule has 1 nitrogen and oxygen atoms in total. The van der Waals surface area contributed by atoms with Crippen LogP contribution in [0.1, 0.15) is 5.56 Å². The van der Waals surface area contributed by atoms with Gasteiger partial charge in [0.1, 0.15) is 6.61 Å². The maximum atomic E-state index is 6.00. The van der Waals surface area contributed by atoms with Crippen LogP contribution in [0.25, 0.3) is 0 Å². The van der Waals surface area contributed by atoms with E-state index >= 15 is 0 Å². The Balaban J connectivity index is 0.000000686.